The second-order valence-electron chi connectivity index (χ2n) is 4.75. The molecule has 7 heteroatoms. The van der Waals surface area contributed by atoms with Crippen molar-refractivity contribution in [3.05, 3.63) is 39.7 Å². The maximum atomic E-state index is 13.0. The molecule has 1 atom stereocenters. The molecule has 0 saturated heterocycles. The number of nitrogens with zero attached hydrogens (tertiary/aromatic N) is 1. The highest BCUT2D eigenvalue weighted by Crippen LogP contribution is 2.20. The Morgan fingerprint density at radius 3 is 2.65 bits per heavy atom. The second-order valence-corrected chi connectivity index (χ2v) is 4.75. The Hall–Kier alpha value is -2.02. The van der Waals surface area contributed by atoms with Crippen molar-refractivity contribution in [2.75, 3.05) is 6.61 Å². The summed E-state index contributed by atoms with van der Waals surface area (Å²) in [4.78, 5) is 22.1. The molecule has 0 aliphatic carbocycles. The summed E-state index contributed by atoms with van der Waals surface area (Å²) >= 11 is 0. The molecular weight excluding hydrogens is 267 g/mol. The van der Waals surface area contributed by atoms with Crippen LogP contribution in [0.2, 0.25) is 0 Å². The maximum Gasteiger partial charge on any atom is 0.285 e. The van der Waals surface area contributed by atoms with E-state index in [0.717, 1.165) is 12.1 Å². The molecule has 1 rings (SSSR count). The van der Waals surface area contributed by atoms with Gasteiger partial charge in [0.15, 0.2) is 0 Å². The number of aliphatic hydroxyl groups is 1. The van der Waals surface area contributed by atoms with E-state index in [-0.39, 0.29) is 24.1 Å². The van der Waals surface area contributed by atoms with E-state index in [2.05, 4.69) is 5.32 Å². The summed E-state index contributed by atoms with van der Waals surface area (Å²) < 4.78 is 13.0. The van der Waals surface area contributed by atoms with E-state index in [1.54, 1.807) is 0 Å². The number of amides is 1. The van der Waals surface area contributed by atoms with E-state index in [4.69, 9.17) is 5.11 Å². The number of aliphatic hydroxyl groups excluding tert-OH is 1. The molecule has 0 spiro atoms. The van der Waals surface area contributed by atoms with Gasteiger partial charge in [0, 0.05) is 12.6 Å². The first-order valence-corrected chi connectivity index (χ1v) is 6.22. The van der Waals surface area contributed by atoms with Gasteiger partial charge in [0.2, 0.25) is 0 Å². The van der Waals surface area contributed by atoms with Crippen molar-refractivity contribution in [3.63, 3.8) is 0 Å². The zero-order valence-corrected chi connectivity index (χ0v) is 11.3. The van der Waals surface area contributed by atoms with Crippen LogP contribution in [0.3, 0.4) is 0 Å². The van der Waals surface area contributed by atoms with Gasteiger partial charge in [-0.2, -0.15) is 0 Å². The number of halogens is 1. The number of carbonyl (C=O) groups excluding carboxylic acids is 1. The number of benzene rings is 1. The van der Waals surface area contributed by atoms with Crippen molar-refractivity contribution in [2.24, 2.45) is 5.92 Å². The molecule has 1 aromatic rings. The Balaban J connectivity index is 3.00. The molecule has 6 nitrogen and oxygen atoms in total. The maximum absolute atomic E-state index is 13.0. The molecule has 0 fully saturated rings. The fraction of sp³-hybridized carbons (Fsp3) is 0.462. The largest absolute Gasteiger partial charge is 0.396 e. The van der Waals surface area contributed by atoms with Gasteiger partial charge in [-0.1, -0.05) is 13.8 Å². The van der Waals surface area contributed by atoms with Crippen LogP contribution in [0, 0.1) is 21.8 Å². The van der Waals surface area contributed by atoms with Crippen LogP contribution in [0.1, 0.15) is 30.6 Å². The Morgan fingerprint density at radius 2 is 2.15 bits per heavy atom. The van der Waals surface area contributed by atoms with E-state index in [9.17, 15) is 19.3 Å². The smallest absolute Gasteiger partial charge is 0.285 e. The van der Waals surface area contributed by atoms with Crippen LogP contribution in [-0.4, -0.2) is 28.6 Å². The first kappa shape index (κ1) is 16.0. The van der Waals surface area contributed by atoms with Gasteiger partial charge in [-0.3, -0.25) is 14.9 Å². The summed E-state index contributed by atoms with van der Waals surface area (Å²) in [5.74, 6) is -1.36. The first-order valence-electron chi connectivity index (χ1n) is 6.22. The van der Waals surface area contributed by atoms with Crippen LogP contribution in [0.25, 0.3) is 0 Å². The second kappa shape index (κ2) is 6.95. The molecule has 1 unspecified atom stereocenters. The molecule has 0 aliphatic heterocycles. The number of nitrogens with one attached hydrogen (secondary N) is 1. The molecule has 0 radical (unpaired) electrons. The summed E-state index contributed by atoms with van der Waals surface area (Å²) in [7, 11) is 0. The van der Waals surface area contributed by atoms with Crippen molar-refractivity contribution in [2.45, 2.75) is 26.3 Å². The minimum Gasteiger partial charge on any atom is -0.396 e. The topological polar surface area (TPSA) is 92.5 Å². The lowest BCUT2D eigenvalue weighted by Crippen LogP contribution is -2.39. The van der Waals surface area contributed by atoms with Crippen LogP contribution in [0.4, 0.5) is 10.1 Å². The van der Waals surface area contributed by atoms with E-state index in [0.29, 0.717) is 12.5 Å². The molecule has 0 saturated carbocycles. The van der Waals surface area contributed by atoms with Gasteiger partial charge >= 0.3 is 0 Å². The average Bonchev–Trinajstić information content (AvgIpc) is 2.37. The van der Waals surface area contributed by atoms with Crippen molar-refractivity contribution in [1.82, 2.24) is 5.32 Å². The van der Waals surface area contributed by atoms with Gasteiger partial charge < -0.3 is 10.4 Å². The molecule has 0 bridgehead atoms. The number of rotatable bonds is 6. The third kappa shape index (κ3) is 3.99. The predicted molar refractivity (Wildman–Crippen MR) is 70.8 cm³/mol. The summed E-state index contributed by atoms with van der Waals surface area (Å²) in [6.07, 6.45) is 0.346. The predicted octanol–water partition coefficient (Wildman–Crippen LogP) is 1.87. The van der Waals surface area contributed by atoms with E-state index < -0.39 is 22.3 Å². The molecule has 20 heavy (non-hydrogen) atoms. The highest BCUT2D eigenvalue weighted by atomic mass is 19.1. The van der Waals surface area contributed by atoms with Gasteiger partial charge in [0.25, 0.3) is 11.6 Å². The van der Waals surface area contributed by atoms with Crippen LogP contribution in [-0.2, 0) is 0 Å². The SMILES string of the molecule is CC(C)C(CCO)NC(=O)c1ccc(F)cc1[N+](=O)[O-]. The Bertz CT molecular complexity index is 505. The van der Waals surface area contributed by atoms with Gasteiger partial charge in [-0.05, 0) is 24.5 Å². The van der Waals surface area contributed by atoms with E-state index in [1.807, 2.05) is 13.8 Å². The Labute approximate surface area is 115 Å². The fourth-order valence-electron chi connectivity index (χ4n) is 1.81. The summed E-state index contributed by atoms with van der Waals surface area (Å²) in [6, 6.07) is 2.49. The monoisotopic (exact) mass is 284 g/mol. The quantitative estimate of drug-likeness (QED) is 0.616. The first-order chi connectivity index (χ1) is 9.36. The van der Waals surface area contributed by atoms with Crippen LogP contribution < -0.4 is 5.32 Å². The highest BCUT2D eigenvalue weighted by molar-refractivity contribution is 5.98. The molecule has 1 aromatic carbocycles. The lowest BCUT2D eigenvalue weighted by molar-refractivity contribution is -0.385. The number of nitro groups is 1. The third-order valence-corrected chi connectivity index (χ3v) is 2.96. The minimum absolute atomic E-state index is 0.0607. The van der Waals surface area contributed by atoms with Gasteiger partial charge in [0.1, 0.15) is 11.4 Å². The highest BCUT2D eigenvalue weighted by Gasteiger charge is 2.24. The van der Waals surface area contributed by atoms with Crippen LogP contribution in [0.5, 0.6) is 0 Å². The van der Waals surface area contributed by atoms with Gasteiger partial charge in [-0.25, -0.2) is 4.39 Å². The van der Waals surface area contributed by atoms with Crippen LogP contribution in [0.15, 0.2) is 18.2 Å². The van der Waals surface area contributed by atoms with E-state index in [1.165, 1.54) is 0 Å². The standard InChI is InChI=1S/C13H17FN2O4/c1-8(2)11(5-6-17)15-13(18)10-4-3-9(14)7-12(10)16(19)20/h3-4,7-8,11,17H,5-6H2,1-2H3,(H,15,18). The summed E-state index contributed by atoms with van der Waals surface area (Å²) in [5.41, 5.74) is -0.769. The van der Waals surface area contributed by atoms with Crippen LogP contribution >= 0.6 is 0 Å². The summed E-state index contributed by atoms with van der Waals surface area (Å²) in [5, 5.41) is 22.4. The third-order valence-electron chi connectivity index (χ3n) is 2.96. The Kier molecular flexibility index (Phi) is 5.57. The van der Waals surface area contributed by atoms with Gasteiger partial charge in [0.05, 0.1) is 11.0 Å². The fourth-order valence-corrected chi connectivity index (χ4v) is 1.81. The number of hydrogen-bond acceptors (Lipinski definition) is 4. The Morgan fingerprint density at radius 1 is 1.50 bits per heavy atom. The van der Waals surface area contributed by atoms with Crippen molar-refractivity contribution in [3.8, 4) is 0 Å². The molecule has 110 valence electrons. The average molecular weight is 284 g/mol. The lowest BCUT2D eigenvalue weighted by Gasteiger charge is -2.21. The lowest BCUT2D eigenvalue weighted by atomic mass is 10.0. The van der Waals surface area contributed by atoms with Crippen molar-refractivity contribution < 1.29 is 19.2 Å². The molecule has 0 aromatic heterocycles. The van der Waals surface area contributed by atoms with Crippen molar-refractivity contribution >= 4 is 11.6 Å². The molecule has 1 amide bonds. The minimum atomic E-state index is -0.797. The normalized spacial score (nSPS) is 12.2. The zero-order valence-electron chi connectivity index (χ0n) is 11.3. The summed E-state index contributed by atoms with van der Waals surface area (Å²) in [6.45, 7) is 3.62. The zero-order chi connectivity index (χ0) is 15.3. The molecule has 0 aliphatic rings. The molecular formula is C13H17FN2O4. The van der Waals surface area contributed by atoms with Crippen molar-refractivity contribution in [1.29, 1.82) is 0 Å². The number of hydrogen-bond donors (Lipinski definition) is 2. The molecule has 2 N–H and O–H groups in total. The number of carbonyl (C=O) groups is 1. The number of nitro benzene ring substituents is 1. The van der Waals surface area contributed by atoms with E-state index >= 15 is 0 Å². The van der Waals surface area contributed by atoms with Gasteiger partial charge in [-0.15, -0.1) is 0 Å². The molecule has 0 heterocycles.